The molecule has 12 heteroatoms. The number of rotatable bonds is 5. The second-order valence-electron chi connectivity index (χ2n) is 10.6. The number of hydrogen-bond acceptors (Lipinski definition) is 9. The Hall–Kier alpha value is -2.67. The molecule has 1 aliphatic carbocycles. The highest BCUT2D eigenvalue weighted by Gasteiger charge is 2.38. The van der Waals surface area contributed by atoms with Crippen LogP contribution in [0.3, 0.4) is 0 Å². The zero-order valence-electron chi connectivity index (χ0n) is 21.4. The number of carbonyl (C=O) groups is 3. The number of aliphatic hydroxyl groups excluding tert-OH is 3. The lowest BCUT2D eigenvalue weighted by Gasteiger charge is -2.34. The molecular weight excluding hydrogens is 486 g/mol. The first kappa shape index (κ1) is 28.9. The fraction of sp³-hybridized carbons (Fsp3) is 0.720. The van der Waals surface area contributed by atoms with Gasteiger partial charge in [-0.1, -0.05) is 13.8 Å². The highest BCUT2D eigenvalue weighted by Crippen LogP contribution is 2.34. The van der Waals surface area contributed by atoms with Crippen LogP contribution in [0.15, 0.2) is 15.8 Å². The summed E-state index contributed by atoms with van der Waals surface area (Å²) in [5, 5.41) is 31.1. The Bertz CT molecular complexity index is 1100. The van der Waals surface area contributed by atoms with Gasteiger partial charge in [0.25, 0.3) is 5.56 Å². The number of piperidine rings is 1. The molecule has 2 amide bonds. The fourth-order valence-corrected chi connectivity index (χ4v) is 5.45. The average Bonchev–Trinajstić information content (AvgIpc) is 3.18. The van der Waals surface area contributed by atoms with Gasteiger partial charge in [-0.25, -0.2) is 4.79 Å². The van der Waals surface area contributed by atoms with Crippen molar-refractivity contribution in [1.82, 2.24) is 14.9 Å². The van der Waals surface area contributed by atoms with Gasteiger partial charge in [0.15, 0.2) is 0 Å². The maximum Gasteiger partial charge on any atom is 0.330 e. The molecule has 0 unspecified atom stereocenters. The van der Waals surface area contributed by atoms with E-state index in [-0.39, 0.29) is 61.2 Å². The molecule has 0 radical (unpaired) electrons. The maximum absolute atomic E-state index is 12.2. The summed E-state index contributed by atoms with van der Waals surface area (Å²) >= 11 is 0. The summed E-state index contributed by atoms with van der Waals surface area (Å²) in [6.45, 7) is 5.27. The van der Waals surface area contributed by atoms with Crippen LogP contribution in [0.5, 0.6) is 0 Å². The van der Waals surface area contributed by atoms with Gasteiger partial charge < -0.3 is 20.1 Å². The van der Waals surface area contributed by atoms with E-state index in [9.17, 15) is 34.2 Å². The number of aliphatic hydroxyl groups is 3. The first-order chi connectivity index (χ1) is 17.4. The van der Waals surface area contributed by atoms with Crippen molar-refractivity contribution in [1.29, 1.82) is 0 Å². The van der Waals surface area contributed by atoms with Crippen LogP contribution in [-0.4, -0.2) is 67.4 Å². The number of nitrogens with zero attached hydrogens (tertiary/aromatic N) is 1. The molecule has 0 spiro atoms. The Balaban J connectivity index is 0.000000208. The quantitative estimate of drug-likeness (QED) is 0.318. The van der Waals surface area contributed by atoms with E-state index in [1.165, 1.54) is 10.8 Å². The second-order valence-corrected chi connectivity index (χ2v) is 10.6. The molecule has 1 saturated carbocycles. The molecule has 1 aromatic heterocycles. The van der Waals surface area contributed by atoms with E-state index in [4.69, 9.17) is 9.84 Å². The molecule has 0 bridgehead atoms. The SMILES string of the molecule is C[C@@H]1C[C@@H]([C@H](O)CC2CC(=O)NC(=O)C2)C(=O)[C@@H](C)C1.Cc1cn([C@H]2C[C@H](O)[C@@H](CO)O2)c(=O)[nH]c1=O. The molecule has 1 aromatic rings. The fourth-order valence-electron chi connectivity index (χ4n) is 5.45. The maximum atomic E-state index is 12.2. The lowest BCUT2D eigenvalue weighted by molar-refractivity contribution is -0.136. The Morgan fingerprint density at radius 3 is 2.32 bits per heavy atom. The van der Waals surface area contributed by atoms with Crippen molar-refractivity contribution in [3.63, 3.8) is 0 Å². The zero-order valence-corrected chi connectivity index (χ0v) is 21.4. The number of hydrogen-bond donors (Lipinski definition) is 5. The van der Waals surface area contributed by atoms with E-state index < -0.39 is 35.8 Å². The van der Waals surface area contributed by atoms with E-state index in [0.717, 1.165) is 6.42 Å². The van der Waals surface area contributed by atoms with Crippen LogP contribution in [-0.2, 0) is 19.1 Å². The summed E-state index contributed by atoms with van der Waals surface area (Å²) in [4.78, 5) is 59.8. The normalized spacial score (nSPS) is 31.5. The molecule has 4 rings (SSSR count). The minimum absolute atomic E-state index is 0.00492. The highest BCUT2D eigenvalue weighted by molar-refractivity contribution is 5.97. The molecule has 5 N–H and O–H groups in total. The van der Waals surface area contributed by atoms with Crippen LogP contribution in [0.2, 0.25) is 0 Å². The summed E-state index contributed by atoms with van der Waals surface area (Å²) in [7, 11) is 0. The molecule has 2 saturated heterocycles. The lowest BCUT2D eigenvalue weighted by Crippen LogP contribution is -2.42. The predicted molar refractivity (Wildman–Crippen MR) is 130 cm³/mol. The zero-order chi connectivity index (χ0) is 27.4. The molecule has 7 atom stereocenters. The molecule has 3 aliphatic rings. The van der Waals surface area contributed by atoms with E-state index in [1.54, 1.807) is 6.92 Å². The smallest absolute Gasteiger partial charge is 0.330 e. The second kappa shape index (κ2) is 12.2. The van der Waals surface area contributed by atoms with Gasteiger partial charge in [0.2, 0.25) is 11.8 Å². The largest absolute Gasteiger partial charge is 0.394 e. The van der Waals surface area contributed by atoms with Crippen LogP contribution < -0.4 is 16.6 Å². The Morgan fingerprint density at radius 1 is 1.08 bits per heavy atom. The van der Waals surface area contributed by atoms with Crippen LogP contribution >= 0.6 is 0 Å². The number of imide groups is 1. The Kier molecular flexibility index (Phi) is 9.57. The topological polar surface area (TPSA) is 188 Å². The number of carbonyl (C=O) groups excluding carboxylic acids is 3. The standard InChI is InChI=1S/C15H23NO4.C10H14N2O5/c1-8-3-9(2)15(20)11(4-8)12(17)5-10-6-13(18)16-14(19)7-10;1-5-3-12(10(16)11-9(5)15)8-2-6(14)7(4-13)17-8/h8-12,17H,3-7H2,1-2H3,(H,16,18,19);3,6-8,13-14H,2,4H2,1H3,(H,11,15,16)/t8-,9-,11-,12+;6-,7+,8+/m00/s1. The molecule has 0 aromatic carbocycles. The van der Waals surface area contributed by atoms with Crippen molar-refractivity contribution in [2.24, 2.45) is 23.7 Å². The minimum Gasteiger partial charge on any atom is -0.394 e. The lowest BCUT2D eigenvalue weighted by atomic mass is 9.71. The monoisotopic (exact) mass is 523 g/mol. The van der Waals surface area contributed by atoms with Gasteiger partial charge >= 0.3 is 5.69 Å². The number of ether oxygens (including phenoxy) is 1. The molecule has 3 heterocycles. The molecule has 206 valence electrons. The Morgan fingerprint density at radius 2 is 1.73 bits per heavy atom. The Labute approximate surface area is 214 Å². The number of aromatic nitrogens is 2. The van der Waals surface area contributed by atoms with Gasteiger partial charge in [0.1, 0.15) is 18.1 Å². The molecule has 37 heavy (non-hydrogen) atoms. The number of nitrogens with one attached hydrogen (secondary N) is 2. The van der Waals surface area contributed by atoms with Crippen LogP contribution in [0.4, 0.5) is 0 Å². The first-order valence-electron chi connectivity index (χ1n) is 12.7. The van der Waals surface area contributed by atoms with Gasteiger partial charge in [-0.2, -0.15) is 0 Å². The van der Waals surface area contributed by atoms with Gasteiger partial charge in [-0.15, -0.1) is 0 Å². The number of aromatic amines is 1. The summed E-state index contributed by atoms with van der Waals surface area (Å²) in [6, 6.07) is 0. The van der Waals surface area contributed by atoms with E-state index in [2.05, 4.69) is 17.2 Å². The van der Waals surface area contributed by atoms with Crippen LogP contribution in [0.25, 0.3) is 0 Å². The number of aryl methyl sites for hydroxylation is 1. The molecule has 2 aliphatic heterocycles. The minimum atomic E-state index is -0.816. The predicted octanol–water partition coefficient (Wildman–Crippen LogP) is -0.473. The number of ketones is 1. The summed E-state index contributed by atoms with van der Waals surface area (Å²) in [6.07, 6.45) is 1.14. The molecule has 12 nitrogen and oxygen atoms in total. The first-order valence-corrected chi connectivity index (χ1v) is 12.7. The molecular formula is C25H37N3O9. The van der Waals surface area contributed by atoms with E-state index >= 15 is 0 Å². The van der Waals surface area contributed by atoms with Crippen LogP contribution in [0, 0.1) is 30.6 Å². The van der Waals surface area contributed by atoms with E-state index in [0.29, 0.717) is 24.3 Å². The van der Waals surface area contributed by atoms with Gasteiger partial charge in [0.05, 0.1) is 18.8 Å². The van der Waals surface area contributed by atoms with Crippen molar-refractivity contribution >= 4 is 17.6 Å². The van der Waals surface area contributed by atoms with Crippen molar-refractivity contribution in [3.8, 4) is 0 Å². The van der Waals surface area contributed by atoms with Crippen molar-refractivity contribution in [3.05, 3.63) is 32.6 Å². The number of amides is 2. The summed E-state index contributed by atoms with van der Waals surface area (Å²) in [5.41, 5.74) is -0.643. The average molecular weight is 524 g/mol. The van der Waals surface area contributed by atoms with Gasteiger partial charge in [0, 0.05) is 42.9 Å². The van der Waals surface area contributed by atoms with Crippen LogP contribution in [0.1, 0.15) is 64.2 Å². The third-order valence-corrected chi connectivity index (χ3v) is 7.37. The van der Waals surface area contributed by atoms with E-state index in [1.807, 2.05) is 6.92 Å². The number of H-pyrrole nitrogens is 1. The third kappa shape index (κ3) is 7.22. The highest BCUT2D eigenvalue weighted by atomic mass is 16.5. The summed E-state index contributed by atoms with van der Waals surface area (Å²) in [5.74, 6) is -0.499. The van der Waals surface area contributed by atoms with Crippen molar-refractivity contribution in [2.75, 3.05) is 6.61 Å². The van der Waals surface area contributed by atoms with Crippen molar-refractivity contribution in [2.45, 2.75) is 83.8 Å². The number of Topliss-reactive ketones (excluding diaryl/α,β-unsaturated/α-hetero) is 1. The van der Waals surface area contributed by atoms with Crippen molar-refractivity contribution < 1.29 is 34.4 Å². The van der Waals surface area contributed by atoms with Gasteiger partial charge in [-0.3, -0.25) is 34.0 Å². The molecule has 3 fully saturated rings. The third-order valence-electron chi connectivity index (χ3n) is 7.37. The van der Waals surface area contributed by atoms with Gasteiger partial charge in [-0.05, 0) is 38.0 Å². The summed E-state index contributed by atoms with van der Waals surface area (Å²) < 4.78 is 6.54.